The van der Waals surface area contributed by atoms with E-state index < -0.39 is 6.04 Å². The molecule has 7 heteroatoms. The number of aryl methyl sites for hydroxylation is 1. The summed E-state index contributed by atoms with van der Waals surface area (Å²) in [6.07, 6.45) is 2.03. The summed E-state index contributed by atoms with van der Waals surface area (Å²) in [4.78, 5) is 25.1. The van der Waals surface area contributed by atoms with Crippen molar-refractivity contribution >= 4 is 18.0 Å². The lowest BCUT2D eigenvalue weighted by molar-refractivity contribution is -0.130. The molecule has 1 atom stereocenters. The Morgan fingerprint density at radius 1 is 1.00 bits per heavy atom. The van der Waals surface area contributed by atoms with Crippen molar-refractivity contribution in [3.63, 3.8) is 0 Å². The van der Waals surface area contributed by atoms with Crippen LogP contribution in [0.4, 0.5) is 0 Å². The monoisotopic (exact) mass is 439 g/mol. The first-order valence-corrected chi connectivity index (χ1v) is 10.8. The second-order valence-corrected chi connectivity index (χ2v) is 8.24. The topological polar surface area (TPSA) is 89.0 Å². The highest BCUT2D eigenvalue weighted by Crippen LogP contribution is 2.17. The Kier molecular flexibility index (Phi) is 9.73. The Balaban J connectivity index is 1.96. The zero-order chi connectivity index (χ0) is 23.5. The van der Waals surface area contributed by atoms with E-state index in [0.717, 1.165) is 11.1 Å². The van der Waals surface area contributed by atoms with E-state index in [4.69, 9.17) is 9.47 Å². The van der Waals surface area contributed by atoms with Crippen LogP contribution in [0, 0.1) is 12.8 Å². The van der Waals surface area contributed by atoms with Crippen LogP contribution in [-0.4, -0.2) is 36.8 Å². The van der Waals surface area contributed by atoms with Gasteiger partial charge < -0.3 is 14.8 Å². The summed E-state index contributed by atoms with van der Waals surface area (Å²) in [6.45, 7) is 9.59. The number of nitrogens with zero attached hydrogens (tertiary/aromatic N) is 1. The number of ether oxygens (including phenoxy) is 2. The molecule has 2 aromatic rings. The summed E-state index contributed by atoms with van der Waals surface area (Å²) < 4.78 is 11.3. The molecule has 0 bridgehead atoms. The molecular weight excluding hydrogens is 406 g/mol. The van der Waals surface area contributed by atoms with Crippen molar-refractivity contribution in [3.05, 3.63) is 59.7 Å². The van der Waals surface area contributed by atoms with Crippen molar-refractivity contribution in [2.24, 2.45) is 11.0 Å². The molecule has 0 heterocycles. The predicted molar refractivity (Wildman–Crippen MR) is 126 cm³/mol. The lowest BCUT2D eigenvalue weighted by Crippen LogP contribution is -2.47. The molecule has 7 nitrogen and oxygen atoms in total. The molecule has 2 amide bonds. The Bertz CT molecular complexity index is 925. The Hall–Kier alpha value is -3.35. The van der Waals surface area contributed by atoms with Crippen LogP contribution in [0.15, 0.2) is 53.6 Å². The molecule has 0 aliphatic carbocycles. The van der Waals surface area contributed by atoms with Crippen LogP contribution in [0.3, 0.4) is 0 Å². The summed E-state index contributed by atoms with van der Waals surface area (Å²) in [6, 6.07) is 14.2. The SMILES string of the molecule is Cc1ccccc1OCC(=O)N[C@H](CC(C)C)C(=O)N/N=C\c1ccccc1OC(C)C. The van der Waals surface area contributed by atoms with Crippen molar-refractivity contribution in [2.75, 3.05) is 6.61 Å². The van der Waals surface area contributed by atoms with E-state index in [1.807, 2.05) is 77.1 Å². The fourth-order valence-electron chi connectivity index (χ4n) is 2.99. The minimum Gasteiger partial charge on any atom is -0.490 e. The molecule has 0 aliphatic heterocycles. The molecule has 0 saturated carbocycles. The molecule has 0 spiro atoms. The van der Waals surface area contributed by atoms with E-state index in [0.29, 0.717) is 17.9 Å². The van der Waals surface area contributed by atoms with Gasteiger partial charge >= 0.3 is 0 Å². The van der Waals surface area contributed by atoms with E-state index >= 15 is 0 Å². The molecular formula is C25H33N3O4. The van der Waals surface area contributed by atoms with Gasteiger partial charge in [0.2, 0.25) is 0 Å². The predicted octanol–water partition coefficient (Wildman–Crippen LogP) is 3.84. The Morgan fingerprint density at radius 3 is 2.31 bits per heavy atom. The lowest BCUT2D eigenvalue weighted by Gasteiger charge is -2.19. The summed E-state index contributed by atoms with van der Waals surface area (Å²) in [5.41, 5.74) is 4.21. The Morgan fingerprint density at radius 2 is 1.66 bits per heavy atom. The molecule has 0 aliphatic rings. The van der Waals surface area contributed by atoms with Crippen LogP contribution in [0.1, 0.15) is 45.2 Å². The van der Waals surface area contributed by atoms with E-state index in [2.05, 4.69) is 15.8 Å². The molecule has 172 valence electrons. The van der Waals surface area contributed by atoms with Crippen LogP contribution in [-0.2, 0) is 9.59 Å². The summed E-state index contributed by atoms with van der Waals surface area (Å²) >= 11 is 0. The minimum absolute atomic E-state index is 0.0201. The molecule has 2 aromatic carbocycles. The van der Waals surface area contributed by atoms with Crippen molar-refractivity contribution in [1.82, 2.24) is 10.7 Å². The van der Waals surface area contributed by atoms with Crippen LogP contribution in [0.25, 0.3) is 0 Å². The van der Waals surface area contributed by atoms with Crippen LogP contribution in [0.2, 0.25) is 0 Å². The molecule has 0 fully saturated rings. The maximum Gasteiger partial charge on any atom is 0.262 e. The average Bonchev–Trinajstić information content (AvgIpc) is 2.73. The van der Waals surface area contributed by atoms with Crippen LogP contribution < -0.4 is 20.2 Å². The smallest absolute Gasteiger partial charge is 0.262 e. The van der Waals surface area contributed by atoms with E-state index in [9.17, 15) is 9.59 Å². The number of carbonyl (C=O) groups excluding carboxylic acids is 2. The van der Waals surface area contributed by atoms with Gasteiger partial charge in [-0.05, 0) is 56.9 Å². The summed E-state index contributed by atoms with van der Waals surface area (Å²) in [5.74, 6) is 0.767. The highest BCUT2D eigenvalue weighted by atomic mass is 16.5. The minimum atomic E-state index is -0.720. The van der Waals surface area contributed by atoms with E-state index in [1.165, 1.54) is 6.21 Å². The largest absolute Gasteiger partial charge is 0.490 e. The lowest BCUT2D eigenvalue weighted by atomic mass is 10.0. The van der Waals surface area contributed by atoms with Crippen molar-refractivity contribution in [1.29, 1.82) is 0 Å². The van der Waals surface area contributed by atoms with Crippen LogP contribution in [0.5, 0.6) is 11.5 Å². The number of benzene rings is 2. The first-order chi connectivity index (χ1) is 15.3. The van der Waals surface area contributed by atoms with Gasteiger partial charge in [0.1, 0.15) is 17.5 Å². The number of hydrogen-bond donors (Lipinski definition) is 2. The summed E-state index contributed by atoms with van der Waals surface area (Å²) in [5, 5.41) is 6.81. The molecule has 2 rings (SSSR count). The average molecular weight is 440 g/mol. The highest BCUT2D eigenvalue weighted by Gasteiger charge is 2.22. The normalized spacial score (nSPS) is 12.1. The molecule has 32 heavy (non-hydrogen) atoms. The standard InChI is InChI=1S/C25H33N3O4/c1-17(2)14-21(27-24(29)16-31-22-12-8-6-10-19(22)5)25(30)28-26-15-20-11-7-9-13-23(20)32-18(3)4/h6-13,15,17-18,21H,14,16H2,1-5H3,(H,27,29)(H,28,30)/b26-15-/t21-/m1/s1. The van der Waals surface area contributed by atoms with Gasteiger partial charge in [-0.25, -0.2) is 5.43 Å². The highest BCUT2D eigenvalue weighted by molar-refractivity contribution is 5.89. The van der Waals surface area contributed by atoms with Gasteiger partial charge in [0.25, 0.3) is 11.8 Å². The summed E-state index contributed by atoms with van der Waals surface area (Å²) in [7, 11) is 0. The van der Waals surface area contributed by atoms with E-state index in [-0.39, 0.29) is 30.4 Å². The van der Waals surface area contributed by atoms with Gasteiger partial charge in [-0.3, -0.25) is 9.59 Å². The van der Waals surface area contributed by atoms with Gasteiger partial charge in [0.15, 0.2) is 6.61 Å². The van der Waals surface area contributed by atoms with Gasteiger partial charge in [-0.1, -0.05) is 44.2 Å². The third-order valence-corrected chi connectivity index (χ3v) is 4.47. The number of amides is 2. The molecule has 2 N–H and O–H groups in total. The molecule has 0 aromatic heterocycles. The number of rotatable bonds is 11. The number of hydrogen-bond acceptors (Lipinski definition) is 5. The Labute approximate surface area is 190 Å². The first kappa shape index (κ1) is 24.9. The zero-order valence-electron chi connectivity index (χ0n) is 19.4. The second-order valence-electron chi connectivity index (χ2n) is 8.24. The number of carbonyl (C=O) groups is 2. The maximum atomic E-state index is 12.7. The third-order valence-electron chi connectivity index (χ3n) is 4.47. The fourth-order valence-corrected chi connectivity index (χ4v) is 2.99. The fraction of sp³-hybridized carbons (Fsp3) is 0.400. The molecule has 0 radical (unpaired) electrons. The van der Waals surface area contributed by atoms with Crippen LogP contribution >= 0.6 is 0 Å². The quantitative estimate of drug-likeness (QED) is 0.411. The van der Waals surface area contributed by atoms with Crippen molar-refractivity contribution < 1.29 is 19.1 Å². The third kappa shape index (κ3) is 8.41. The molecule has 0 unspecified atom stereocenters. The second kappa shape index (κ2) is 12.5. The molecule has 0 saturated heterocycles. The maximum absolute atomic E-state index is 12.7. The number of hydrazone groups is 1. The van der Waals surface area contributed by atoms with Gasteiger partial charge in [0, 0.05) is 5.56 Å². The number of nitrogens with one attached hydrogen (secondary N) is 2. The van der Waals surface area contributed by atoms with Gasteiger partial charge in [-0.15, -0.1) is 0 Å². The first-order valence-electron chi connectivity index (χ1n) is 10.8. The van der Waals surface area contributed by atoms with Gasteiger partial charge in [-0.2, -0.15) is 5.10 Å². The number of para-hydroxylation sites is 2. The van der Waals surface area contributed by atoms with Crippen molar-refractivity contribution in [3.8, 4) is 11.5 Å². The van der Waals surface area contributed by atoms with E-state index in [1.54, 1.807) is 6.07 Å². The van der Waals surface area contributed by atoms with Gasteiger partial charge in [0.05, 0.1) is 12.3 Å². The van der Waals surface area contributed by atoms with Crippen molar-refractivity contribution in [2.45, 2.75) is 53.2 Å². The zero-order valence-corrected chi connectivity index (χ0v) is 19.4.